The minimum Gasteiger partial charge on any atom is -0.444 e. The van der Waals surface area contributed by atoms with Gasteiger partial charge >= 0.3 is 12.1 Å². The monoisotopic (exact) mass is 453 g/mol. The van der Waals surface area contributed by atoms with Gasteiger partial charge in [-0.15, -0.1) is 0 Å². The van der Waals surface area contributed by atoms with Crippen LogP contribution in [-0.4, -0.2) is 50.7 Å². The van der Waals surface area contributed by atoms with Crippen molar-refractivity contribution in [2.75, 3.05) is 18.4 Å². The third-order valence-electron chi connectivity index (χ3n) is 4.61. The first kappa shape index (κ1) is 21.8. The van der Waals surface area contributed by atoms with Crippen molar-refractivity contribution in [2.24, 2.45) is 0 Å². The molecule has 0 aliphatic carbocycles. The normalized spacial score (nSPS) is 13.9. The molecule has 1 aliphatic heterocycles. The number of likely N-dealkylation sites (tertiary alicyclic amines) is 1. The molecule has 0 unspecified atom stereocenters. The van der Waals surface area contributed by atoms with Crippen molar-refractivity contribution in [2.45, 2.75) is 32.4 Å². The lowest BCUT2D eigenvalue weighted by Crippen LogP contribution is -2.57. The zero-order valence-corrected chi connectivity index (χ0v) is 18.8. The maximum atomic E-state index is 12.1. The largest absolute Gasteiger partial charge is 0.444 e. The summed E-state index contributed by atoms with van der Waals surface area (Å²) in [6.45, 7) is 6.74. The summed E-state index contributed by atoms with van der Waals surface area (Å²) < 4.78 is 11.0. The predicted octanol–water partition coefficient (Wildman–Crippen LogP) is 5.02. The summed E-state index contributed by atoms with van der Waals surface area (Å²) in [7, 11) is 0. The van der Waals surface area contributed by atoms with Crippen molar-refractivity contribution in [1.29, 1.82) is 0 Å². The van der Waals surface area contributed by atoms with Crippen LogP contribution >= 0.6 is 11.6 Å². The fourth-order valence-electron chi connectivity index (χ4n) is 3.11. The Morgan fingerprint density at radius 2 is 1.84 bits per heavy atom. The summed E-state index contributed by atoms with van der Waals surface area (Å²) in [4.78, 5) is 26.6. The Kier molecular flexibility index (Phi) is 6.14. The van der Waals surface area contributed by atoms with Gasteiger partial charge in [0.2, 0.25) is 0 Å². The van der Waals surface area contributed by atoms with E-state index in [-0.39, 0.29) is 18.1 Å². The molecule has 0 saturated carbocycles. The summed E-state index contributed by atoms with van der Waals surface area (Å²) in [5.41, 5.74) is 2.04. The Bertz CT molecular complexity index is 1100. The second-order valence-corrected chi connectivity index (χ2v) is 8.94. The molecule has 1 fully saturated rings. The molecule has 0 spiro atoms. The number of hydrogen-bond donors (Lipinski definition) is 1. The second kappa shape index (κ2) is 9.00. The quantitative estimate of drug-likeness (QED) is 0.580. The number of nitrogens with zero attached hydrogens (tertiary/aromatic N) is 4. The highest BCUT2D eigenvalue weighted by Gasteiger charge is 2.33. The van der Waals surface area contributed by atoms with Crippen LogP contribution in [0.2, 0.25) is 5.02 Å². The van der Waals surface area contributed by atoms with Crippen LogP contribution in [0.4, 0.5) is 10.5 Å². The number of aromatic nitrogens is 3. The number of anilines is 1. The highest BCUT2D eigenvalue weighted by molar-refractivity contribution is 6.30. The fraction of sp³-hybridized carbons (Fsp3) is 0.304. The van der Waals surface area contributed by atoms with Gasteiger partial charge in [-0.25, -0.2) is 14.8 Å². The molecule has 1 saturated heterocycles. The van der Waals surface area contributed by atoms with Crippen molar-refractivity contribution in [1.82, 2.24) is 19.9 Å². The molecule has 4 rings (SSSR count). The van der Waals surface area contributed by atoms with Crippen LogP contribution in [0, 0.1) is 0 Å². The van der Waals surface area contributed by atoms with Crippen LogP contribution < -0.4 is 10.1 Å². The molecular weight excluding hydrogens is 430 g/mol. The predicted molar refractivity (Wildman–Crippen MR) is 122 cm³/mol. The molecule has 166 valence electrons. The number of amides is 1. The summed E-state index contributed by atoms with van der Waals surface area (Å²) in [6.07, 6.45) is 6.56. The van der Waals surface area contributed by atoms with E-state index in [0.29, 0.717) is 23.9 Å². The topological polar surface area (TPSA) is 89.5 Å². The van der Waals surface area contributed by atoms with Crippen molar-refractivity contribution in [3.05, 3.63) is 60.1 Å². The summed E-state index contributed by atoms with van der Waals surface area (Å²) >= 11 is 5.97. The number of ether oxygens (including phenoxy) is 2. The second-order valence-electron chi connectivity index (χ2n) is 8.50. The molecule has 3 heterocycles. The van der Waals surface area contributed by atoms with Crippen LogP contribution in [-0.2, 0) is 4.74 Å². The van der Waals surface area contributed by atoms with Crippen LogP contribution in [0.1, 0.15) is 20.8 Å². The van der Waals surface area contributed by atoms with Gasteiger partial charge in [0.05, 0.1) is 11.7 Å². The van der Waals surface area contributed by atoms with E-state index in [9.17, 15) is 4.79 Å². The van der Waals surface area contributed by atoms with Crippen LogP contribution in [0.15, 0.2) is 55.1 Å². The number of rotatable bonds is 5. The van der Waals surface area contributed by atoms with E-state index < -0.39 is 5.60 Å². The summed E-state index contributed by atoms with van der Waals surface area (Å²) in [5.74, 6) is 0.569. The van der Waals surface area contributed by atoms with Gasteiger partial charge in [0.25, 0.3) is 0 Å². The number of carbonyl (C=O) groups excluding carboxylic acids is 1. The lowest BCUT2D eigenvalue weighted by molar-refractivity contribution is 0.0105. The molecule has 3 aromatic rings. The zero-order chi connectivity index (χ0) is 22.7. The molecule has 8 nitrogen and oxygen atoms in total. The lowest BCUT2D eigenvalue weighted by atomic mass is 10.1. The van der Waals surface area contributed by atoms with E-state index in [1.807, 2.05) is 26.8 Å². The fourth-order valence-corrected chi connectivity index (χ4v) is 3.29. The highest BCUT2D eigenvalue weighted by Crippen LogP contribution is 2.25. The Morgan fingerprint density at radius 1 is 1.09 bits per heavy atom. The molecule has 9 heteroatoms. The van der Waals surface area contributed by atoms with Crippen LogP contribution in [0.25, 0.3) is 11.1 Å². The zero-order valence-electron chi connectivity index (χ0n) is 18.1. The van der Waals surface area contributed by atoms with E-state index in [1.54, 1.807) is 54.0 Å². The van der Waals surface area contributed by atoms with Crippen LogP contribution in [0.3, 0.4) is 0 Å². The molecular formula is C23H24ClN5O3. The SMILES string of the molecule is CC(C)(C)OC(=O)N1CC(Nc2cncc(-c3cnc(Oc4cccc(Cl)c4)nc3)c2)C1. The lowest BCUT2D eigenvalue weighted by Gasteiger charge is -2.40. The van der Waals surface area contributed by atoms with E-state index in [0.717, 1.165) is 16.8 Å². The Hall–Kier alpha value is -3.39. The van der Waals surface area contributed by atoms with Gasteiger partial charge in [0, 0.05) is 54.0 Å². The summed E-state index contributed by atoms with van der Waals surface area (Å²) in [5, 5.41) is 3.97. The standard InChI is InChI=1S/C23H24ClN5O3/c1-23(2,3)32-22(30)29-13-19(14-29)28-18-7-15(9-25-12-18)16-10-26-21(27-11-16)31-20-6-4-5-17(24)8-20/h4-12,19,28H,13-14H2,1-3H3. The summed E-state index contributed by atoms with van der Waals surface area (Å²) in [6, 6.07) is 9.39. The number of nitrogens with one attached hydrogen (secondary N) is 1. The van der Waals surface area contributed by atoms with Crippen molar-refractivity contribution in [3.8, 4) is 22.9 Å². The number of pyridine rings is 1. The van der Waals surface area contributed by atoms with Crippen molar-refractivity contribution < 1.29 is 14.3 Å². The Morgan fingerprint density at radius 3 is 2.53 bits per heavy atom. The van der Waals surface area contributed by atoms with Crippen molar-refractivity contribution >= 4 is 23.4 Å². The van der Waals surface area contributed by atoms with Gasteiger partial charge in [-0.2, -0.15) is 0 Å². The van der Waals surface area contributed by atoms with E-state index in [2.05, 4.69) is 20.3 Å². The number of carbonyl (C=O) groups is 1. The molecule has 1 aliphatic rings. The Labute approximate surface area is 191 Å². The van der Waals surface area contributed by atoms with E-state index >= 15 is 0 Å². The molecule has 1 aromatic carbocycles. The number of halogens is 1. The molecule has 1 N–H and O–H groups in total. The van der Waals surface area contributed by atoms with E-state index in [1.165, 1.54) is 0 Å². The molecule has 0 radical (unpaired) electrons. The average Bonchev–Trinajstić information content (AvgIpc) is 2.70. The number of benzene rings is 1. The molecule has 0 atom stereocenters. The molecule has 32 heavy (non-hydrogen) atoms. The van der Waals surface area contributed by atoms with Gasteiger partial charge in [0.15, 0.2) is 0 Å². The highest BCUT2D eigenvalue weighted by atomic mass is 35.5. The van der Waals surface area contributed by atoms with Gasteiger partial charge in [-0.05, 0) is 45.0 Å². The maximum absolute atomic E-state index is 12.1. The molecule has 2 aromatic heterocycles. The van der Waals surface area contributed by atoms with Gasteiger partial charge in [-0.1, -0.05) is 17.7 Å². The van der Waals surface area contributed by atoms with Crippen molar-refractivity contribution in [3.63, 3.8) is 0 Å². The first-order valence-corrected chi connectivity index (χ1v) is 10.6. The molecule has 1 amide bonds. The first-order valence-electron chi connectivity index (χ1n) is 10.2. The average molecular weight is 454 g/mol. The third kappa shape index (κ3) is 5.64. The third-order valence-corrected chi connectivity index (χ3v) is 4.84. The van der Waals surface area contributed by atoms with Gasteiger partial charge in [-0.3, -0.25) is 4.98 Å². The van der Waals surface area contributed by atoms with Crippen LogP contribution in [0.5, 0.6) is 11.8 Å². The number of hydrogen-bond acceptors (Lipinski definition) is 7. The van der Waals surface area contributed by atoms with Gasteiger partial charge in [0.1, 0.15) is 11.4 Å². The Balaban J connectivity index is 1.35. The van der Waals surface area contributed by atoms with E-state index in [4.69, 9.17) is 21.1 Å². The minimum atomic E-state index is -0.495. The smallest absolute Gasteiger partial charge is 0.410 e. The molecule has 0 bridgehead atoms. The first-order chi connectivity index (χ1) is 15.2. The minimum absolute atomic E-state index is 0.143. The maximum Gasteiger partial charge on any atom is 0.410 e. The van der Waals surface area contributed by atoms with Gasteiger partial charge < -0.3 is 19.7 Å².